The van der Waals surface area contributed by atoms with Gasteiger partial charge in [-0.2, -0.15) is 0 Å². The van der Waals surface area contributed by atoms with Crippen LogP contribution in [-0.4, -0.2) is 29.4 Å². The van der Waals surface area contributed by atoms with E-state index in [2.05, 4.69) is 0 Å². The van der Waals surface area contributed by atoms with Crippen LogP contribution >= 0.6 is 0 Å². The van der Waals surface area contributed by atoms with Gasteiger partial charge in [0.25, 0.3) is 0 Å². The Balaban J connectivity index is 2.34. The van der Waals surface area contributed by atoms with Crippen molar-refractivity contribution < 1.29 is 23.6 Å². The van der Waals surface area contributed by atoms with Crippen LogP contribution in [-0.2, 0) is 19.5 Å². The van der Waals surface area contributed by atoms with Gasteiger partial charge in [0.1, 0.15) is 5.82 Å². The number of carboxylic acid groups (broad SMARTS) is 1. The summed E-state index contributed by atoms with van der Waals surface area (Å²) >= 11 is 0. The fraction of sp³-hybridized carbons (Fsp3) is 0.562. The van der Waals surface area contributed by atoms with E-state index < -0.39 is 35.5 Å². The fourth-order valence-corrected chi connectivity index (χ4v) is 2.28. The first kappa shape index (κ1) is 17.0. The number of hydrogen-bond acceptors (Lipinski definition) is 3. The molecule has 0 atom stereocenters. The van der Waals surface area contributed by atoms with E-state index in [4.69, 9.17) is 9.31 Å². The lowest BCUT2D eigenvalue weighted by Crippen LogP contribution is -2.41. The molecule has 0 aliphatic carbocycles. The molecule has 0 saturated carbocycles. The van der Waals surface area contributed by atoms with E-state index in [1.54, 1.807) is 6.07 Å². The summed E-state index contributed by atoms with van der Waals surface area (Å²) in [6.45, 7) is 10.6. The fourth-order valence-electron chi connectivity index (χ4n) is 2.28. The molecule has 1 fully saturated rings. The Morgan fingerprint density at radius 1 is 1.18 bits per heavy atom. The molecule has 0 spiro atoms. The van der Waals surface area contributed by atoms with Crippen LogP contribution in [0.1, 0.15) is 47.1 Å². The highest BCUT2D eigenvalue weighted by Gasteiger charge is 2.51. The molecule has 1 heterocycles. The third kappa shape index (κ3) is 2.65. The number of carbonyl (C=O) groups is 1. The number of carboxylic acids is 1. The highest BCUT2D eigenvalue weighted by atomic mass is 19.1. The normalized spacial score (nSPS) is 20.2. The molecule has 0 unspecified atom stereocenters. The molecule has 1 aliphatic heterocycles. The van der Waals surface area contributed by atoms with E-state index in [1.807, 2.05) is 27.7 Å². The highest BCUT2D eigenvalue weighted by molar-refractivity contribution is 6.62. The Morgan fingerprint density at radius 2 is 1.68 bits per heavy atom. The summed E-state index contributed by atoms with van der Waals surface area (Å²) in [7, 11) is -0.665. The Morgan fingerprint density at radius 3 is 2.09 bits per heavy atom. The maximum absolute atomic E-state index is 14.4. The van der Waals surface area contributed by atoms with Gasteiger partial charge in [-0.25, -0.2) is 4.39 Å². The van der Waals surface area contributed by atoms with Crippen LogP contribution in [0.4, 0.5) is 4.39 Å². The quantitative estimate of drug-likeness (QED) is 0.872. The molecule has 6 heteroatoms. The van der Waals surface area contributed by atoms with Gasteiger partial charge in [-0.3, -0.25) is 4.79 Å². The van der Waals surface area contributed by atoms with E-state index in [0.717, 1.165) is 0 Å². The summed E-state index contributed by atoms with van der Waals surface area (Å²) in [6.07, 6.45) is 0. The molecular formula is C16H22BFO4. The zero-order valence-corrected chi connectivity index (χ0v) is 13.9. The Hall–Kier alpha value is -1.40. The average Bonchev–Trinajstić information content (AvgIpc) is 2.57. The topological polar surface area (TPSA) is 55.8 Å². The lowest BCUT2D eigenvalue weighted by Gasteiger charge is -2.32. The first-order valence-corrected chi connectivity index (χ1v) is 7.27. The number of rotatable bonds is 3. The molecule has 1 aliphatic rings. The minimum Gasteiger partial charge on any atom is -0.481 e. The molecule has 0 aromatic heterocycles. The highest BCUT2D eigenvalue weighted by Crippen LogP contribution is 2.36. The predicted octanol–water partition coefficient (Wildman–Crippen LogP) is 2.49. The van der Waals surface area contributed by atoms with Gasteiger partial charge in [0.15, 0.2) is 0 Å². The van der Waals surface area contributed by atoms with Crippen LogP contribution in [0.2, 0.25) is 0 Å². The van der Waals surface area contributed by atoms with Gasteiger partial charge in [0, 0.05) is 5.56 Å². The summed E-state index contributed by atoms with van der Waals surface area (Å²) in [6, 6.07) is 4.44. The third-order valence-corrected chi connectivity index (χ3v) is 4.73. The lowest BCUT2D eigenvalue weighted by molar-refractivity contribution is -0.142. The van der Waals surface area contributed by atoms with Gasteiger partial charge in [-0.1, -0.05) is 12.1 Å². The van der Waals surface area contributed by atoms with Gasteiger partial charge in [0.05, 0.1) is 16.6 Å². The minimum atomic E-state index is -1.29. The van der Waals surface area contributed by atoms with Crippen molar-refractivity contribution in [1.82, 2.24) is 0 Å². The Bertz CT molecular complexity index is 594. The maximum atomic E-state index is 14.4. The number of halogens is 1. The van der Waals surface area contributed by atoms with Crippen molar-refractivity contribution in [2.24, 2.45) is 0 Å². The molecule has 1 N–H and O–H groups in total. The first-order valence-electron chi connectivity index (χ1n) is 7.27. The van der Waals surface area contributed by atoms with E-state index in [1.165, 1.54) is 26.0 Å². The van der Waals surface area contributed by atoms with Crippen LogP contribution in [0.15, 0.2) is 18.2 Å². The summed E-state index contributed by atoms with van der Waals surface area (Å²) in [5.74, 6) is -1.64. The van der Waals surface area contributed by atoms with E-state index >= 15 is 0 Å². The first-order chi connectivity index (χ1) is 9.88. The van der Waals surface area contributed by atoms with Gasteiger partial charge < -0.3 is 14.4 Å². The van der Waals surface area contributed by atoms with E-state index in [-0.39, 0.29) is 5.56 Å². The smallest absolute Gasteiger partial charge is 0.481 e. The molecule has 1 saturated heterocycles. The van der Waals surface area contributed by atoms with Crippen LogP contribution < -0.4 is 5.46 Å². The van der Waals surface area contributed by atoms with E-state index in [0.29, 0.717) is 5.46 Å². The summed E-state index contributed by atoms with van der Waals surface area (Å²) in [5.41, 5.74) is -1.62. The lowest BCUT2D eigenvalue weighted by atomic mass is 9.76. The molecule has 22 heavy (non-hydrogen) atoms. The van der Waals surface area contributed by atoms with Crippen molar-refractivity contribution in [3.8, 4) is 0 Å². The van der Waals surface area contributed by atoms with Crippen LogP contribution in [0.5, 0.6) is 0 Å². The van der Waals surface area contributed by atoms with Gasteiger partial charge in [0.2, 0.25) is 0 Å². The summed E-state index contributed by atoms with van der Waals surface area (Å²) < 4.78 is 26.1. The SMILES string of the molecule is CC(C)(C(=O)O)c1ccc(B2OC(C)(C)C(C)(C)O2)cc1F. The third-order valence-electron chi connectivity index (χ3n) is 4.73. The van der Waals surface area contributed by atoms with Crippen molar-refractivity contribution in [2.45, 2.75) is 58.2 Å². The molecule has 0 bridgehead atoms. The second-order valence-electron chi connectivity index (χ2n) is 7.26. The largest absolute Gasteiger partial charge is 0.494 e. The summed E-state index contributed by atoms with van der Waals surface area (Å²) in [5, 5.41) is 9.22. The Kier molecular flexibility index (Phi) is 3.91. The standard InChI is InChI=1S/C16H22BFO4/c1-14(2,13(19)20)11-8-7-10(9-12(11)18)17-21-15(3,4)16(5,6)22-17/h7-9H,1-6H3,(H,19,20). The minimum absolute atomic E-state index is 0.139. The molecule has 120 valence electrons. The number of benzene rings is 1. The second kappa shape index (κ2) is 5.06. The van der Waals surface area contributed by atoms with Crippen LogP contribution in [0.3, 0.4) is 0 Å². The molecule has 0 radical (unpaired) electrons. The van der Waals surface area contributed by atoms with Crippen molar-refractivity contribution in [1.29, 1.82) is 0 Å². The molecule has 1 aromatic rings. The van der Waals surface area contributed by atoms with Gasteiger partial charge in [-0.15, -0.1) is 0 Å². The van der Waals surface area contributed by atoms with E-state index in [9.17, 15) is 14.3 Å². The monoisotopic (exact) mass is 308 g/mol. The van der Waals surface area contributed by atoms with Crippen LogP contribution in [0, 0.1) is 5.82 Å². The van der Waals surface area contributed by atoms with Gasteiger partial charge in [-0.05, 0) is 53.1 Å². The molecule has 0 amide bonds. The second-order valence-corrected chi connectivity index (χ2v) is 7.26. The zero-order chi connectivity index (χ0) is 16.9. The van der Waals surface area contributed by atoms with Crippen molar-refractivity contribution >= 4 is 18.6 Å². The van der Waals surface area contributed by atoms with Gasteiger partial charge >= 0.3 is 13.1 Å². The molecular weight excluding hydrogens is 286 g/mol. The zero-order valence-electron chi connectivity index (χ0n) is 13.9. The average molecular weight is 308 g/mol. The summed E-state index contributed by atoms with van der Waals surface area (Å²) in [4.78, 5) is 11.3. The molecule has 2 rings (SSSR count). The van der Waals surface area contributed by atoms with Crippen molar-refractivity contribution in [3.05, 3.63) is 29.6 Å². The maximum Gasteiger partial charge on any atom is 0.494 e. The Labute approximate surface area is 130 Å². The number of aliphatic carboxylic acids is 1. The van der Waals surface area contributed by atoms with Crippen molar-refractivity contribution in [3.63, 3.8) is 0 Å². The molecule has 1 aromatic carbocycles. The van der Waals surface area contributed by atoms with Crippen LogP contribution in [0.25, 0.3) is 0 Å². The number of hydrogen-bond donors (Lipinski definition) is 1. The molecule has 4 nitrogen and oxygen atoms in total. The van der Waals surface area contributed by atoms with Crippen molar-refractivity contribution in [2.75, 3.05) is 0 Å². The predicted molar refractivity (Wildman–Crippen MR) is 82.8 cm³/mol.